The topological polar surface area (TPSA) is 49.4 Å². The lowest BCUT2D eigenvalue weighted by Gasteiger charge is -2.34. The van der Waals surface area contributed by atoms with E-state index in [0.29, 0.717) is 17.5 Å². The molecule has 0 spiro atoms. The minimum Gasteiger partial charge on any atom is -0.310 e. The van der Waals surface area contributed by atoms with E-state index in [0.717, 1.165) is 12.0 Å². The van der Waals surface area contributed by atoms with Gasteiger partial charge in [0.2, 0.25) is 10.0 Å². The molecular weight excluding hydrogens is 284 g/mol. The lowest BCUT2D eigenvalue weighted by Crippen LogP contribution is -2.44. The zero-order valence-corrected chi connectivity index (χ0v) is 14.2. The predicted molar refractivity (Wildman–Crippen MR) is 85.6 cm³/mol. The molecule has 1 fully saturated rings. The van der Waals surface area contributed by atoms with Crippen LogP contribution >= 0.6 is 0 Å². The Kier molecular flexibility index (Phi) is 4.76. The van der Waals surface area contributed by atoms with Crippen molar-refractivity contribution in [3.63, 3.8) is 0 Å². The van der Waals surface area contributed by atoms with Crippen LogP contribution in [0.5, 0.6) is 0 Å². The lowest BCUT2D eigenvalue weighted by molar-refractivity contribution is 0.257. The molecule has 2 rings (SSSR count). The molecule has 1 aliphatic rings. The number of hydrogen-bond donors (Lipinski definition) is 1. The molecule has 0 unspecified atom stereocenters. The van der Waals surface area contributed by atoms with Gasteiger partial charge in [0.05, 0.1) is 4.90 Å². The van der Waals surface area contributed by atoms with Crippen LogP contribution < -0.4 is 5.32 Å². The normalized spacial score (nSPS) is 16.4. The average molecular weight is 310 g/mol. The van der Waals surface area contributed by atoms with E-state index >= 15 is 0 Å². The Labute approximate surface area is 128 Å². The Hall–Kier alpha value is -0.910. The number of benzene rings is 1. The van der Waals surface area contributed by atoms with Gasteiger partial charge >= 0.3 is 0 Å². The van der Waals surface area contributed by atoms with Gasteiger partial charge in [-0.05, 0) is 44.7 Å². The smallest absolute Gasteiger partial charge is 0.243 e. The molecule has 0 bridgehead atoms. The first kappa shape index (κ1) is 16.5. The molecule has 21 heavy (non-hydrogen) atoms. The molecule has 118 valence electrons. The summed E-state index contributed by atoms with van der Waals surface area (Å²) in [6.07, 6.45) is 3.15. The van der Waals surface area contributed by atoms with Crippen LogP contribution in [-0.4, -0.2) is 31.4 Å². The molecule has 0 heterocycles. The van der Waals surface area contributed by atoms with Gasteiger partial charge in [-0.3, -0.25) is 0 Å². The Morgan fingerprint density at radius 2 is 1.90 bits per heavy atom. The molecule has 1 saturated carbocycles. The van der Waals surface area contributed by atoms with Gasteiger partial charge < -0.3 is 5.32 Å². The van der Waals surface area contributed by atoms with E-state index in [2.05, 4.69) is 5.32 Å². The van der Waals surface area contributed by atoms with Crippen LogP contribution in [0.4, 0.5) is 0 Å². The molecule has 0 aliphatic heterocycles. The average Bonchev–Trinajstić information content (AvgIpc) is 3.28. The van der Waals surface area contributed by atoms with Crippen LogP contribution in [0.1, 0.15) is 45.6 Å². The Morgan fingerprint density at radius 3 is 2.48 bits per heavy atom. The summed E-state index contributed by atoms with van der Waals surface area (Å²) < 4.78 is 27.3. The van der Waals surface area contributed by atoms with Gasteiger partial charge in [-0.2, -0.15) is 4.31 Å². The fraction of sp³-hybridized carbons (Fsp3) is 0.625. The summed E-state index contributed by atoms with van der Waals surface area (Å²) in [6.45, 7) is 6.53. The number of hydrogen-bond acceptors (Lipinski definition) is 3. The van der Waals surface area contributed by atoms with Gasteiger partial charge in [0.15, 0.2) is 0 Å². The molecule has 0 aromatic heterocycles. The summed E-state index contributed by atoms with van der Waals surface area (Å²) in [6, 6.07) is 7.86. The Bertz CT molecular complexity index is 592. The molecule has 0 radical (unpaired) electrons. The maximum Gasteiger partial charge on any atom is 0.243 e. The maximum atomic E-state index is 12.9. The van der Waals surface area contributed by atoms with Crippen LogP contribution in [0.3, 0.4) is 0 Å². The molecule has 1 aromatic carbocycles. The highest BCUT2D eigenvalue weighted by molar-refractivity contribution is 7.89. The van der Waals surface area contributed by atoms with Gasteiger partial charge in [0, 0.05) is 25.2 Å². The lowest BCUT2D eigenvalue weighted by atomic mass is 10.0. The van der Waals surface area contributed by atoms with E-state index in [4.69, 9.17) is 0 Å². The van der Waals surface area contributed by atoms with Crippen molar-refractivity contribution >= 4 is 10.0 Å². The van der Waals surface area contributed by atoms with Gasteiger partial charge in [-0.15, -0.1) is 0 Å². The monoisotopic (exact) mass is 310 g/mol. The van der Waals surface area contributed by atoms with E-state index < -0.39 is 15.6 Å². The summed E-state index contributed by atoms with van der Waals surface area (Å²) in [7, 11) is -1.80. The van der Waals surface area contributed by atoms with Crippen LogP contribution in [0.2, 0.25) is 0 Å². The van der Waals surface area contributed by atoms with E-state index in [1.54, 1.807) is 19.2 Å². The minimum absolute atomic E-state index is 0.393. The first-order valence-corrected chi connectivity index (χ1v) is 9.03. The molecule has 1 aromatic rings. The second kappa shape index (κ2) is 6.07. The molecule has 0 saturated heterocycles. The van der Waals surface area contributed by atoms with Gasteiger partial charge in [0.25, 0.3) is 0 Å². The molecular formula is C16H26N2O2S. The highest BCUT2D eigenvalue weighted by Gasteiger charge is 2.34. The van der Waals surface area contributed by atoms with Crippen molar-refractivity contribution in [2.75, 3.05) is 7.05 Å². The van der Waals surface area contributed by atoms with Crippen LogP contribution in [0, 0.1) is 0 Å². The number of sulfonamides is 1. The van der Waals surface area contributed by atoms with Gasteiger partial charge in [-0.1, -0.05) is 25.1 Å². The summed E-state index contributed by atoms with van der Waals surface area (Å²) in [4.78, 5) is 0.419. The third kappa shape index (κ3) is 3.65. The van der Waals surface area contributed by atoms with Crippen molar-refractivity contribution in [1.29, 1.82) is 0 Å². The van der Waals surface area contributed by atoms with Crippen molar-refractivity contribution in [3.8, 4) is 0 Å². The molecule has 0 atom stereocenters. The van der Waals surface area contributed by atoms with Gasteiger partial charge in [-0.25, -0.2) is 8.42 Å². The Morgan fingerprint density at radius 1 is 1.29 bits per heavy atom. The van der Waals surface area contributed by atoms with Crippen molar-refractivity contribution in [1.82, 2.24) is 9.62 Å². The number of rotatable bonds is 7. The minimum atomic E-state index is -3.47. The van der Waals surface area contributed by atoms with E-state index in [9.17, 15) is 8.42 Å². The summed E-state index contributed by atoms with van der Waals surface area (Å²) in [5.41, 5.74) is 0.457. The SMILES string of the molecule is CCC(C)(C)N(C)S(=O)(=O)c1ccccc1CNC1CC1. The quantitative estimate of drug-likeness (QED) is 0.842. The molecule has 1 aliphatic carbocycles. The highest BCUT2D eigenvalue weighted by Crippen LogP contribution is 2.28. The van der Waals surface area contributed by atoms with Gasteiger partial charge in [0.1, 0.15) is 0 Å². The molecule has 4 nitrogen and oxygen atoms in total. The third-order valence-corrected chi connectivity index (χ3v) is 6.66. The zero-order chi connectivity index (χ0) is 15.7. The Balaban J connectivity index is 2.30. The van der Waals surface area contributed by atoms with Crippen LogP contribution in [-0.2, 0) is 16.6 Å². The second-order valence-electron chi connectivity index (χ2n) is 6.40. The van der Waals surface area contributed by atoms with Crippen LogP contribution in [0.25, 0.3) is 0 Å². The standard InChI is InChI=1S/C16H26N2O2S/c1-5-16(2,3)18(4)21(19,20)15-9-7-6-8-13(15)12-17-14-10-11-14/h6-9,14,17H,5,10-12H2,1-4H3. The van der Waals surface area contributed by atoms with Crippen molar-refractivity contribution in [3.05, 3.63) is 29.8 Å². The van der Waals surface area contributed by atoms with E-state index in [1.807, 2.05) is 32.9 Å². The fourth-order valence-electron chi connectivity index (χ4n) is 2.14. The highest BCUT2D eigenvalue weighted by atomic mass is 32.2. The molecule has 1 N–H and O–H groups in total. The summed E-state index contributed by atoms with van der Waals surface area (Å²) in [5, 5.41) is 3.39. The van der Waals surface area contributed by atoms with Crippen molar-refractivity contribution in [2.24, 2.45) is 0 Å². The molecule has 0 amide bonds. The van der Waals surface area contributed by atoms with Crippen LogP contribution in [0.15, 0.2) is 29.2 Å². The first-order valence-electron chi connectivity index (χ1n) is 7.59. The maximum absolute atomic E-state index is 12.9. The molecule has 5 heteroatoms. The zero-order valence-electron chi connectivity index (χ0n) is 13.4. The summed E-state index contributed by atoms with van der Waals surface area (Å²) >= 11 is 0. The van der Waals surface area contributed by atoms with E-state index in [1.165, 1.54) is 17.1 Å². The predicted octanol–water partition coefficient (Wildman–Crippen LogP) is 2.75. The number of nitrogens with one attached hydrogen (secondary N) is 1. The largest absolute Gasteiger partial charge is 0.310 e. The summed E-state index contributed by atoms with van der Waals surface area (Å²) in [5.74, 6) is 0. The van der Waals surface area contributed by atoms with Crippen molar-refractivity contribution in [2.45, 2.75) is 63.1 Å². The van der Waals surface area contributed by atoms with Crippen molar-refractivity contribution < 1.29 is 8.42 Å². The second-order valence-corrected chi connectivity index (χ2v) is 8.34. The number of nitrogens with zero attached hydrogens (tertiary/aromatic N) is 1. The first-order chi connectivity index (χ1) is 9.79. The van der Waals surface area contributed by atoms with E-state index in [-0.39, 0.29) is 0 Å². The fourth-order valence-corrected chi connectivity index (χ4v) is 3.94. The third-order valence-electron chi connectivity index (χ3n) is 4.49.